The molecule has 1 aliphatic carbocycles. The Bertz CT molecular complexity index is 1130. The number of nitrogens with zero attached hydrogens (tertiary/aromatic N) is 1. The van der Waals surface area contributed by atoms with Crippen LogP contribution in [-0.2, 0) is 22.1 Å². The molecule has 0 N–H and O–H groups in total. The number of carbonyl (C=O) groups is 1. The summed E-state index contributed by atoms with van der Waals surface area (Å²) in [5.41, 5.74) is 1.60. The number of ether oxygens (including phenoxy) is 3. The van der Waals surface area contributed by atoms with Crippen LogP contribution in [0.1, 0.15) is 29.5 Å². The Labute approximate surface area is 189 Å². The first-order valence-electron chi connectivity index (χ1n) is 10.4. The fraction of sp³-hybridized carbons (Fsp3) is 0.280. The third kappa shape index (κ3) is 5.45. The zero-order chi connectivity index (χ0) is 23.4. The van der Waals surface area contributed by atoms with E-state index in [9.17, 15) is 18.0 Å². The van der Waals surface area contributed by atoms with Gasteiger partial charge in [0, 0.05) is 24.7 Å². The van der Waals surface area contributed by atoms with Gasteiger partial charge >= 0.3 is 12.1 Å². The number of fused-ring (bicyclic) bond motifs is 1. The third-order valence-corrected chi connectivity index (χ3v) is 5.37. The second-order valence-corrected chi connectivity index (χ2v) is 7.70. The van der Waals surface area contributed by atoms with Gasteiger partial charge in [-0.15, -0.1) is 0 Å². The van der Waals surface area contributed by atoms with Gasteiger partial charge in [-0.1, -0.05) is 29.9 Å². The lowest BCUT2D eigenvalue weighted by molar-refractivity contribution is -0.140. The third-order valence-electron chi connectivity index (χ3n) is 5.37. The standard InChI is InChI=1S/C25H22F3NO4/c1-31-24(30)13-16-4-2-6-18(12-16)33-23-9-8-19(14-21(23)25(26,27)28)32-22-7-3-5-17-10-11-29-15-20(17)22/h2-9,14-15,18H,10-13H2,1H3. The molecule has 8 heteroatoms. The van der Waals surface area contributed by atoms with Crippen molar-refractivity contribution >= 4 is 12.2 Å². The van der Waals surface area contributed by atoms with E-state index >= 15 is 0 Å². The van der Waals surface area contributed by atoms with Crippen molar-refractivity contribution in [3.05, 3.63) is 76.9 Å². The van der Waals surface area contributed by atoms with E-state index in [4.69, 9.17) is 9.47 Å². The number of methoxy groups -OCH3 is 1. The van der Waals surface area contributed by atoms with E-state index in [2.05, 4.69) is 9.73 Å². The minimum absolute atomic E-state index is 0.0486. The maximum absolute atomic E-state index is 13.8. The first-order valence-corrected chi connectivity index (χ1v) is 10.4. The van der Waals surface area contributed by atoms with Crippen LogP contribution in [0.15, 0.2) is 65.2 Å². The first kappa shape index (κ1) is 22.6. The number of halogens is 3. The van der Waals surface area contributed by atoms with Gasteiger partial charge in [-0.3, -0.25) is 9.79 Å². The summed E-state index contributed by atoms with van der Waals surface area (Å²) in [5.74, 6) is -0.223. The zero-order valence-electron chi connectivity index (χ0n) is 17.9. The Balaban J connectivity index is 1.55. The van der Waals surface area contributed by atoms with Gasteiger partial charge in [0.15, 0.2) is 0 Å². The van der Waals surface area contributed by atoms with Gasteiger partial charge in [-0.2, -0.15) is 13.2 Å². The quantitative estimate of drug-likeness (QED) is 0.525. The number of benzene rings is 2. The van der Waals surface area contributed by atoms with Gasteiger partial charge in [0.05, 0.1) is 13.5 Å². The van der Waals surface area contributed by atoms with Crippen molar-refractivity contribution in [2.45, 2.75) is 31.5 Å². The zero-order valence-corrected chi connectivity index (χ0v) is 17.9. The van der Waals surface area contributed by atoms with E-state index in [1.807, 2.05) is 12.1 Å². The summed E-state index contributed by atoms with van der Waals surface area (Å²) in [6, 6.07) is 9.11. The molecule has 0 fully saturated rings. The number of rotatable bonds is 6. The van der Waals surface area contributed by atoms with Gasteiger partial charge < -0.3 is 14.2 Å². The molecule has 0 saturated heterocycles. The Hall–Kier alpha value is -3.55. The molecular formula is C25H22F3NO4. The fourth-order valence-corrected chi connectivity index (χ4v) is 3.75. The summed E-state index contributed by atoms with van der Waals surface area (Å²) in [7, 11) is 1.28. The average Bonchev–Trinajstić information content (AvgIpc) is 2.80. The van der Waals surface area contributed by atoms with Crippen molar-refractivity contribution in [3.63, 3.8) is 0 Å². The molecule has 4 rings (SSSR count). The summed E-state index contributed by atoms with van der Waals surface area (Å²) in [6.45, 7) is 0.673. The normalized spacial score (nSPS) is 17.2. The highest BCUT2D eigenvalue weighted by Gasteiger charge is 2.36. The SMILES string of the molecule is COC(=O)CC1=CC=CC(Oc2ccc(Oc3cccc4c3C=NCC4)cc2C(F)(F)F)C1. The van der Waals surface area contributed by atoms with Crippen molar-refractivity contribution in [3.8, 4) is 17.2 Å². The highest BCUT2D eigenvalue weighted by atomic mass is 19.4. The van der Waals surface area contributed by atoms with E-state index in [0.29, 0.717) is 12.3 Å². The molecule has 0 radical (unpaired) electrons. The topological polar surface area (TPSA) is 57.1 Å². The van der Waals surface area contributed by atoms with Gasteiger partial charge in [0.1, 0.15) is 28.9 Å². The van der Waals surface area contributed by atoms with Gasteiger partial charge in [-0.05, 0) is 42.3 Å². The summed E-state index contributed by atoms with van der Waals surface area (Å²) in [6.07, 6.45) is 2.56. The van der Waals surface area contributed by atoms with Crippen LogP contribution in [0.4, 0.5) is 13.2 Å². The number of hydrogen-bond donors (Lipinski definition) is 0. The highest BCUT2D eigenvalue weighted by molar-refractivity contribution is 5.86. The molecule has 0 aromatic heterocycles. The molecule has 2 aliphatic rings. The molecule has 5 nitrogen and oxygen atoms in total. The molecule has 1 aliphatic heterocycles. The second-order valence-electron chi connectivity index (χ2n) is 7.70. The summed E-state index contributed by atoms with van der Waals surface area (Å²) >= 11 is 0. The Kier molecular flexibility index (Phi) is 6.53. The van der Waals surface area contributed by atoms with E-state index in [0.717, 1.165) is 29.2 Å². The molecule has 1 unspecified atom stereocenters. The van der Waals surface area contributed by atoms with Crippen molar-refractivity contribution in [1.29, 1.82) is 0 Å². The van der Waals surface area contributed by atoms with E-state index in [-0.39, 0.29) is 24.3 Å². The molecule has 2 aromatic rings. The van der Waals surface area contributed by atoms with Crippen LogP contribution in [-0.4, -0.2) is 31.9 Å². The first-order chi connectivity index (χ1) is 15.8. The maximum atomic E-state index is 13.8. The lowest BCUT2D eigenvalue weighted by Gasteiger charge is -2.23. The Morgan fingerprint density at radius 2 is 2.03 bits per heavy atom. The highest BCUT2D eigenvalue weighted by Crippen LogP contribution is 2.41. The summed E-state index contributed by atoms with van der Waals surface area (Å²) in [5, 5.41) is 0. The summed E-state index contributed by atoms with van der Waals surface area (Å²) < 4.78 is 57.7. The molecule has 0 spiro atoms. The molecule has 2 aromatic carbocycles. The van der Waals surface area contributed by atoms with Crippen molar-refractivity contribution in [2.75, 3.05) is 13.7 Å². The van der Waals surface area contributed by atoms with Crippen LogP contribution in [0.3, 0.4) is 0 Å². The largest absolute Gasteiger partial charge is 0.485 e. The molecular weight excluding hydrogens is 435 g/mol. The smallest absolute Gasteiger partial charge is 0.420 e. The van der Waals surface area contributed by atoms with E-state index < -0.39 is 23.8 Å². The number of carbonyl (C=O) groups excluding carboxylic acids is 1. The monoisotopic (exact) mass is 457 g/mol. The van der Waals surface area contributed by atoms with Crippen molar-refractivity contribution in [2.24, 2.45) is 4.99 Å². The lowest BCUT2D eigenvalue weighted by atomic mass is 9.99. The minimum atomic E-state index is -4.64. The van der Waals surface area contributed by atoms with Crippen LogP contribution >= 0.6 is 0 Å². The van der Waals surface area contributed by atoms with Crippen LogP contribution in [0.25, 0.3) is 0 Å². The molecule has 1 atom stereocenters. The van der Waals surface area contributed by atoms with Crippen LogP contribution < -0.4 is 9.47 Å². The molecule has 0 saturated carbocycles. The van der Waals surface area contributed by atoms with Crippen LogP contribution in [0, 0.1) is 0 Å². The maximum Gasteiger partial charge on any atom is 0.420 e. The molecule has 0 amide bonds. The number of hydrogen-bond acceptors (Lipinski definition) is 5. The van der Waals surface area contributed by atoms with Crippen molar-refractivity contribution < 1.29 is 32.2 Å². The van der Waals surface area contributed by atoms with Gasteiger partial charge in [0.2, 0.25) is 0 Å². The Morgan fingerprint density at radius 3 is 2.82 bits per heavy atom. The molecule has 33 heavy (non-hydrogen) atoms. The molecule has 0 bridgehead atoms. The second kappa shape index (κ2) is 9.52. The predicted octanol–water partition coefficient (Wildman–Crippen LogP) is 5.67. The summed E-state index contributed by atoms with van der Waals surface area (Å²) in [4.78, 5) is 15.8. The Morgan fingerprint density at radius 1 is 1.18 bits per heavy atom. The van der Waals surface area contributed by atoms with Crippen LogP contribution in [0.2, 0.25) is 0 Å². The number of alkyl halides is 3. The van der Waals surface area contributed by atoms with Crippen LogP contribution in [0.5, 0.6) is 17.2 Å². The van der Waals surface area contributed by atoms with Gasteiger partial charge in [-0.25, -0.2) is 0 Å². The number of aliphatic imine (C=N–C) groups is 1. The fourth-order valence-electron chi connectivity index (χ4n) is 3.75. The molecule has 172 valence electrons. The lowest BCUT2D eigenvalue weighted by Crippen LogP contribution is -2.20. The average molecular weight is 457 g/mol. The minimum Gasteiger partial charge on any atom is -0.485 e. The van der Waals surface area contributed by atoms with E-state index in [1.54, 1.807) is 30.5 Å². The number of allylic oxidation sites excluding steroid dienone is 2. The van der Waals surface area contributed by atoms with Gasteiger partial charge in [0.25, 0.3) is 0 Å². The number of esters is 1. The molecule has 1 heterocycles. The predicted molar refractivity (Wildman–Crippen MR) is 117 cm³/mol. The van der Waals surface area contributed by atoms with E-state index in [1.165, 1.54) is 19.2 Å². The van der Waals surface area contributed by atoms with Crippen molar-refractivity contribution in [1.82, 2.24) is 0 Å².